The summed E-state index contributed by atoms with van der Waals surface area (Å²) in [5, 5.41) is 3.31. The number of anilines is 1. The molecule has 28 heavy (non-hydrogen) atoms. The summed E-state index contributed by atoms with van der Waals surface area (Å²) >= 11 is 6.11. The van der Waals surface area contributed by atoms with Gasteiger partial charge in [0.25, 0.3) is 0 Å². The summed E-state index contributed by atoms with van der Waals surface area (Å²) in [5.41, 5.74) is 1.26. The van der Waals surface area contributed by atoms with Crippen molar-refractivity contribution in [1.82, 2.24) is 0 Å². The lowest BCUT2D eigenvalue weighted by atomic mass is 9.79. The monoisotopic (exact) mass is 395 g/mol. The average molecular weight is 396 g/mol. The SMILES string of the molecule is O=C(c1ccccc1)c1cc(Cl)ccc1NC(=O)[C@H]1[C@H]2C[C@@H]3[C@@H]1C(=O)O[C@@H]3C2. The fraction of sp³-hybridized carbons (Fsp3) is 0.318. The molecule has 2 aliphatic carbocycles. The van der Waals surface area contributed by atoms with Gasteiger partial charge >= 0.3 is 5.97 Å². The highest BCUT2D eigenvalue weighted by molar-refractivity contribution is 6.31. The van der Waals surface area contributed by atoms with Crippen LogP contribution in [0.2, 0.25) is 5.02 Å². The van der Waals surface area contributed by atoms with Crippen LogP contribution in [0.15, 0.2) is 48.5 Å². The van der Waals surface area contributed by atoms with Gasteiger partial charge in [-0.1, -0.05) is 41.9 Å². The molecule has 0 aromatic heterocycles. The number of nitrogens with one attached hydrogen (secondary N) is 1. The van der Waals surface area contributed by atoms with Crippen LogP contribution >= 0.6 is 11.6 Å². The molecule has 2 aromatic carbocycles. The van der Waals surface area contributed by atoms with Crippen molar-refractivity contribution < 1.29 is 19.1 Å². The molecule has 5 nitrogen and oxygen atoms in total. The number of benzene rings is 2. The van der Waals surface area contributed by atoms with Crippen molar-refractivity contribution >= 4 is 34.9 Å². The Labute approximate surface area is 167 Å². The van der Waals surface area contributed by atoms with Crippen LogP contribution in [0, 0.1) is 23.7 Å². The molecule has 3 fully saturated rings. The Morgan fingerprint density at radius 2 is 1.86 bits per heavy atom. The maximum atomic E-state index is 13.1. The normalized spacial score (nSPS) is 29.6. The number of rotatable bonds is 4. The first kappa shape index (κ1) is 17.4. The number of esters is 1. The van der Waals surface area contributed by atoms with Crippen LogP contribution in [0.4, 0.5) is 5.69 Å². The number of ketones is 1. The minimum Gasteiger partial charge on any atom is -0.462 e. The van der Waals surface area contributed by atoms with Crippen LogP contribution < -0.4 is 5.32 Å². The Bertz CT molecular complexity index is 987. The highest BCUT2D eigenvalue weighted by Gasteiger charge is 2.63. The van der Waals surface area contributed by atoms with E-state index in [0.717, 1.165) is 12.8 Å². The molecule has 1 aliphatic heterocycles. The minimum absolute atomic E-state index is 0.0164. The number of hydrogen-bond acceptors (Lipinski definition) is 4. The molecule has 1 saturated heterocycles. The molecule has 1 N–H and O–H groups in total. The highest BCUT2D eigenvalue weighted by Crippen LogP contribution is 2.57. The van der Waals surface area contributed by atoms with Crippen molar-refractivity contribution in [3.8, 4) is 0 Å². The zero-order valence-electron chi connectivity index (χ0n) is 14.9. The molecule has 1 amide bonds. The van der Waals surface area contributed by atoms with E-state index in [9.17, 15) is 14.4 Å². The lowest BCUT2D eigenvalue weighted by Crippen LogP contribution is -2.36. The molecule has 3 aliphatic rings. The first-order chi connectivity index (χ1) is 13.5. The van der Waals surface area contributed by atoms with Crippen molar-refractivity contribution in [2.24, 2.45) is 23.7 Å². The number of hydrogen-bond donors (Lipinski definition) is 1. The van der Waals surface area contributed by atoms with Gasteiger partial charge in [-0.3, -0.25) is 14.4 Å². The molecule has 0 radical (unpaired) electrons. The molecule has 6 heteroatoms. The third kappa shape index (κ3) is 2.65. The second kappa shape index (κ2) is 6.45. The van der Waals surface area contributed by atoms with E-state index in [1.807, 2.05) is 6.07 Å². The molecular weight excluding hydrogens is 378 g/mol. The molecule has 5 atom stereocenters. The van der Waals surface area contributed by atoms with Crippen molar-refractivity contribution in [2.75, 3.05) is 5.32 Å². The van der Waals surface area contributed by atoms with Crippen LogP contribution in [0.1, 0.15) is 28.8 Å². The molecule has 2 bridgehead atoms. The Kier molecular flexibility index (Phi) is 4.02. The van der Waals surface area contributed by atoms with Gasteiger partial charge in [0.05, 0.1) is 17.5 Å². The topological polar surface area (TPSA) is 72.5 Å². The molecule has 5 rings (SSSR count). The van der Waals surface area contributed by atoms with Crippen molar-refractivity contribution in [3.63, 3.8) is 0 Å². The molecule has 142 valence electrons. The lowest BCUT2D eigenvalue weighted by molar-refractivity contribution is -0.145. The summed E-state index contributed by atoms with van der Waals surface area (Å²) in [4.78, 5) is 38.2. The Hall–Kier alpha value is -2.66. The van der Waals surface area contributed by atoms with E-state index in [1.54, 1.807) is 42.5 Å². The second-order valence-corrected chi connectivity index (χ2v) is 8.23. The van der Waals surface area contributed by atoms with Crippen molar-refractivity contribution in [1.29, 1.82) is 0 Å². The van der Waals surface area contributed by atoms with Crippen LogP contribution in [0.3, 0.4) is 0 Å². The standard InChI is InChI=1S/C22H18ClNO4/c23-13-6-7-16(14(10-13)20(25)11-4-2-1-3-5-11)24-21(26)18-12-8-15-17(9-12)28-22(27)19(15)18/h1-7,10,12,15,17-19H,8-9H2,(H,24,26)/t12-,15-,17+,18-,19-/m0/s1. The van der Waals surface area contributed by atoms with E-state index in [0.29, 0.717) is 21.8 Å². The van der Waals surface area contributed by atoms with Gasteiger partial charge in [0, 0.05) is 22.1 Å². The zero-order chi connectivity index (χ0) is 19.4. The van der Waals surface area contributed by atoms with Crippen LogP contribution in [-0.4, -0.2) is 23.8 Å². The lowest BCUT2D eigenvalue weighted by Gasteiger charge is -2.24. The number of fused-ring (bicyclic) bond motifs is 1. The molecule has 2 saturated carbocycles. The van der Waals surface area contributed by atoms with Gasteiger partial charge in [-0.15, -0.1) is 0 Å². The quantitative estimate of drug-likeness (QED) is 0.632. The molecule has 0 unspecified atom stereocenters. The number of ether oxygens (including phenoxy) is 1. The van der Waals surface area contributed by atoms with Gasteiger partial charge in [0.15, 0.2) is 5.78 Å². The Balaban J connectivity index is 1.44. The number of amides is 1. The average Bonchev–Trinajstić information content (AvgIpc) is 3.32. The van der Waals surface area contributed by atoms with E-state index in [-0.39, 0.29) is 41.5 Å². The number of halogens is 1. The predicted molar refractivity (Wildman–Crippen MR) is 103 cm³/mol. The zero-order valence-corrected chi connectivity index (χ0v) is 15.7. The third-order valence-corrected chi connectivity index (χ3v) is 6.54. The van der Waals surface area contributed by atoms with E-state index in [4.69, 9.17) is 16.3 Å². The van der Waals surface area contributed by atoms with E-state index >= 15 is 0 Å². The fourth-order valence-electron chi connectivity index (χ4n) is 5.14. The molecule has 1 heterocycles. The minimum atomic E-state index is -0.397. The Morgan fingerprint density at radius 1 is 1.07 bits per heavy atom. The Morgan fingerprint density at radius 3 is 2.64 bits per heavy atom. The molecule has 2 aromatic rings. The van der Waals surface area contributed by atoms with Crippen LogP contribution in [-0.2, 0) is 14.3 Å². The first-order valence-corrected chi connectivity index (χ1v) is 9.81. The summed E-state index contributed by atoms with van der Waals surface area (Å²) < 4.78 is 5.41. The van der Waals surface area contributed by atoms with Crippen molar-refractivity contribution in [3.05, 3.63) is 64.7 Å². The van der Waals surface area contributed by atoms with Gasteiger partial charge in [-0.2, -0.15) is 0 Å². The summed E-state index contributed by atoms with van der Waals surface area (Å²) in [5.74, 6) is -1.13. The number of carbonyl (C=O) groups is 3. The molecular formula is C22H18ClNO4. The van der Waals surface area contributed by atoms with Gasteiger partial charge in [-0.05, 0) is 37.0 Å². The third-order valence-electron chi connectivity index (χ3n) is 6.31. The maximum Gasteiger partial charge on any atom is 0.310 e. The smallest absolute Gasteiger partial charge is 0.310 e. The largest absolute Gasteiger partial charge is 0.462 e. The summed E-state index contributed by atoms with van der Waals surface area (Å²) in [7, 11) is 0. The van der Waals surface area contributed by atoms with Gasteiger partial charge in [0.2, 0.25) is 5.91 Å². The maximum absolute atomic E-state index is 13.1. The van der Waals surface area contributed by atoms with E-state index in [2.05, 4.69) is 5.32 Å². The highest BCUT2D eigenvalue weighted by atomic mass is 35.5. The second-order valence-electron chi connectivity index (χ2n) is 7.80. The first-order valence-electron chi connectivity index (χ1n) is 9.43. The van der Waals surface area contributed by atoms with Crippen LogP contribution in [0.5, 0.6) is 0 Å². The number of carbonyl (C=O) groups excluding carboxylic acids is 3. The summed E-state index contributed by atoms with van der Waals surface area (Å²) in [6, 6.07) is 13.7. The fourth-order valence-corrected chi connectivity index (χ4v) is 5.31. The van der Waals surface area contributed by atoms with E-state index in [1.165, 1.54) is 0 Å². The van der Waals surface area contributed by atoms with Gasteiger partial charge < -0.3 is 10.1 Å². The van der Waals surface area contributed by atoms with Gasteiger partial charge in [-0.25, -0.2) is 0 Å². The van der Waals surface area contributed by atoms with Crippen molar-refractivity contribution in [2.45, 2.75) is 18.9 Å². The predicted octanol–water partition coefficient (Wildman–Crippen LogP) is 3.71. The van der Waals surface area contributed by atoms with Crippen LogP contribution in [0.25, 0.3) is 0 Å². The van der Waals surface area contributed by atoms with E-state index < -0.39 is 5.92 Å². The van der Waals surface area contributed by atoms with Gasteiger partial charge in [0.1, 0.15) is 6.10 Å². The summed E-state index contributed by atoms with van der Waals surface area (Å²) in [6.07, 6.45) is 1.59. The molecule has 0 spiro atoms. The summed E-state index contributed by atoms with van der Waals surface area (Å²) in [6.45, 7) is 0.